The summed E-state index contributed by atoms with van der Waals surface area (Å²) in [4.78, 5) is 17.1. The molecule has 1 aromatic heterocycles. The lowest BCUT2D eigenvalue weighted by Crippen LogP contribution is -2.28. The van der Waals surface area contributed by atoms with Crippen molar-refractivity contribution in [1.29, 1.82) is 0 Å². The fraction of sp³-hybridized carbons (Fsp3) is 0.148. The Bertz CT molecular complexity index is 1350. The zero-order valence-corrected chi connectivity index (χ0v) is 19.1. The van der Waals surface area contributed by atoms with E-state index in [1.54, 1.807) is 30.0 Å². The molecule has 8 heteroatoms. The summed E-state index contributed by atoms with van der Waals surface area (Å²) in [6.07, 6.45) is 3.78. The highest BCUT2D eigenvalue weighted by Crippen LogP contribution is 2.38. The fourth-order valence-corrected chi connectivity index (χ4v) is 4.22. The van der Waals surface area contributed by atoms with Gasteiger partial charge in [0.05, 0.1) is 19.2 Å². The number of hydrogen-bond acceptors (Lipinski definition) is 5. The summed E-state index contributed by atoms with van der Waals surface area (Å²) in [7, 11) is 1.58. The van der Waals surface area contributed by atoms with Gasteiger partial charge in [0.15, 0.2) is 0 Å². The average Bonchev–Trinajstić information content (AvgIpc) is 3.30. The lowest BCUT2D eigenvalue weighted by atomic mass is 9.93. The summed E-state index contributed by atoms with van der Waals surface area (Å²) in [5.74, 6) is 0.726. The van der Waals surface area contributed by atoms with Crippen molar-refractivity contribution in [2.75, 3.05) is 17.7 Å². The molecule has 0 fully saturated rings. The minimum Gasteiger partial charge on any atom is -0.496 e. The molecule has 1 aliphatic rings. The molecule has 0 spiro atoms. The number of halogens is 1. The number of carbonyl (C=O) groups is 1. The first-order valence-electron chi connectivity index (χ1n) is 11.3. The van der Waals surface area contributed by atoms with Crippen LogP contribution in [0.3, 0.4) is 0 Å². The Morgan fingerprint density at radius 3 is 2.57 bits per heavy atom. The Kier molecular flexibility index (Phi) is 6.26. The van der Waals surface area contributed by atoms with Gasteiger partial charge in [0.1, 0.15) is 11.6 Å². The Labute approximate surface area is 202 Å². The van der Waals surface area contributed by atoms with Crippen LogP contribution in [0.4, 0.5) is 16.3 Å². The van der Waals surface area contributed by atoms with Gasteiger partial charge in [0, 0.05) is 11.6 Å². The van der Waals surface area contributed by atoms with Crippen LogP contribution in [-0.2, 0) is 4.79 Å². The van der Waals surface area contributed by atoms with Crippen molar-refractivity contribution in [3.05, 3.63) is 107 Å². The van der Waals surface area contributed by atoms with E-state index in [0.717, 1.165) is 16.7 Å². The van der Waals surface area contributed by atoms with E-state index in [9.17, 15) is 9.18 Å². The van der Waals surface area contributed by atoms with E-state index in [2.05, 4.69) is 32.8 Å². The zero-order chi connectivity index (χ0) is 24.2. The molecule has 3 aromatic carbocycles. The number of fused-ring (bicyclic) bond motifs is 1. The molecular weight excluding hydrogens is 445 g/mol. The fourth-order valence-electron chi connectivity index (χ4n) is 4.22. The number of hydrogen-bond donors (Lipinski definition) is 2. The monoisotopic (exact) mass is 469 g/mol. The van der Waals surface area contributed by atoms with Gasteiger partial charge in [-0.05, 0) is 41.8 Å². The first-order valence-corrected chi connectivity index (χ1v) is 11.3. The van der Waals surface area contributed by atoms with Gasteiger partial charge in [-0.3, -0.25) is 10.1 Å². The summed E-state index contributed by atoms with van der Waals surface area (Å²) in [5, 5.41) is 10.7. The van der Waals surface area contributed by atoms with Crippen LogP contribution in [0.5, 0.6) is 5.75 Å². The molecule has 2 heterocycles. The lowest BCUT2D eigenvalue weighted by molar-refractivity contribution is -0.111. The summed E-state index contributed by atoms with van der Waals surface area (Å²) < 4.78 is 20.6. The molecule has 0 radical (unpaired) electrons. The van der Waals surface area contributed by atoms with Gasteiger partial charge in [0.25, 0.3) is 11.9 Å². The van der Waals surface area contributed by atoms with Crippen LogP contribution in [0.2, 0.25) is 0 Å². The summed E-state index contributed by atoms with van der Waals surface area (Å²) in [6, 6.07) is 23.7. The molecule has 7 nitrogen and oxygen atoms in total. The van der Waals surface area contributed by atoms with E-state index in [1.165, 1.54) is 18.2 Å². The molecule has 1 aliphatic heterocycles. The normalized spacial score (nSPS) is 17.0. The topological polar surface area (TPSA) is 81.1 Å². The smallest absolute Gasteiger partial charge is 0.250 e. The van der Waals surface area contributed by atoms with Crippen LogP contribution in [-0.4, -0.2) is 27.8 Å². The molecule has 0 unspecified atom stereocenters. The Morgan fingerprint density at radius 2 is 1.80 bits per heavy atom. The number of nitrogens with zero attached hydrogens (tertiary/aromatic N) is 3. The third-order valence-corrected chi connectivity index (χ3v) is 5.93. The van der Waals surface area contributed by atoms with Crippen LogP contribution in [0.15, 0.2) is 84.9 Å². The number of carbonyl (C=O) groups excluding carboxylic acids is 1. The van der Waals surface area contributed by atoms with Crippen molar-refractivity contribution in [2.24, 2.45) is 0 Å². The number of rotatable bonds is 6. The second kappa shape index (κ2) is 9.80. The minimum absolute atomic E-state index is 0.0167. The van der Waals surface area contributed by atoms with Crippen molar-refractivity contribution in [2.45, 2.75) is 18.5 Å². The number of para-hydroxylation sites is 1. The van der Waals surface area contributed by atoms with E-state index in [-0.39, 0.29) is 29.8 Å². The van der Waals surface area contributed by atoms with Gasteiger partial charge < -0.3 is 10.1 Å². The quantitative estimate of drug-likeness (QED) is 0.378. The maximum absolute atomic E-state index is 13.6. The molecule has 35 heavy (non-hydrogen) atoms. The lowest BCUT2D eigenvalue weighted by Gasteiger charge is -2.31. The molecule has 0 bridgehead atoms. The number of amides is 1. The van der Waals surface area contributed by atoms with E-state index in [1.807, 2.05) is 42.5 Å². The maximum atomic E-state index is 13.6. The molecule has 176 valence electrons. The molecular formula is C27H24FN5O2. The maximum Gasteiger partial charge on any atom is 0.250 e. The predicted molar refractivity (Wildman–Crippen MR) is 133 cm³/mol. The molecule has 1 amide bonds. The molecule has 5 rings (SSSR count). The number of aromatic nitrogens is 3. The van der Waals surface area contributed by atoms with Crippen molar-refractivity contribution < 1.29 is 13.9 Å². The van der Waals surface area contributed by atoms with Crippen LogP contribution in [0, 0.1) is 5.82 Å². The third kappa shape index (κ3) is 4.91. The highest BCUT2D eigenvalue weighted by atomic mass is 19.1. The summed E-state index contributed by atoms with van der Waals surface area (Å²) in [5.41, 5.74) is 2.80. The molecule has 0 aliphatic carbocycles. The number of methoxy groups -OCH3 is 1. The third-order valence-electron chi connectivity index (χ3n) is 5.93. The first kappa shape index (κ1) is 22.3. The first-order chi connectivity index (χ1) is 17.1. The molecule has 0 saturated heterocycles. The second-order valence-corrected chi connectivity index (χ2v) is 8.18. The molecule has 2 N–H and O–H groups in total. The zero-order valence-electron chi connectivity index (χ0n) is 19.1. The highest BCUT2D eigenvalue weighted by Gasteiger charge is 2.31. The van der Waals surface area contributed by atoms with Gasteiger partial charge in [-0.2, -0.15) is 4.98 Å². The van der Waals surface area contributed by atoms with Gasteiger partial charge in [-0.25, -0.2) is 9.07 Å². The standard InChI is InChI=1S/C27H24FN5O2/c1-35-24-10-6-5-9-20(24)13-16-25(34)30-26-31-27-29-22(18-7-3-2-4-8-18)17-23(33(27)32-26)19-11-14-21(28)15-12-19/h2-16,22-23H,17H2,1H3,(H2,29,30,31,32,34)/b16-13+/t22-,23+/m0/s1. The highest BCUT2D eigenvalue weighted by molar-refractivity contribution is 6.01. The van der Waals surface area contributed by atoms with Crippen LogP contribution < -0.4 is 15.4 Å². The van der Waals surface area contributed by atoms with E-state index >= 15 is 0 Å². The number of ether oxygens (including phenoxy) is 1. The molecule has 4 aromatic rings. The van der Waals surface area contributed by atoms with Gasteiger partial charge in [0.2, 0.25) is 5.95 Å². The summed E-state index contributed by atoms with van der Waals surface area (Å²) >= 11 is 0. The minimum atomic E-state index is -0.364. The summed E-state index contributed by atoms with van der Waals surface area (Å²) in [6.45, 7) is 0. The Balaban J connectivity index is 1.41. The van der Waals surface area contributed by atoms with Gasteiger partial charge in [-0.1, -0.05) is 60.7 Å². The Hall–Kier alpha value is -4.46. The van der Waals surface area contributed by atoms with E-state index < -0.39 is 0 Å². The predicted octanol–water partition coefficient (Wildman–Crippen LogP) is 5.22. The largest absolute Gasteiger partial charge is 0.496 e. The van der Waals surface area contributed by atoms with Gasteiger partial charge in [-0.15, -0.1) is 5.10 Å². The van der Waals surface area contributed by atoms with Crippen molar-refractivity contribution in [3.63, 3.8) is 0 Å². The SMILES string of the molecule is COc1ccccc1/C=C/C(=O)Nc1nc2n(n1)[C@@H](c1ccc(F)cc1)C[C@@H](c1ccccc1)N2. The second-order valence-electron chi connectivity index (χ2n) is 8.18. The Morgan fingerprint density at radius 1 is 1.06 bits per heavy atom. The van der Waals surface area contributed by atoms with Crippen LogP contribution >= 0.6 is 0 Å². The molecule has 0 saturated carbocycles. The van der Waals surface area contributed by atoms with Crippen molar-refractivity contribution >= 4 is 23.9 Å². The number of benzene rings is 3. The van der Waals surface area contributed by atoms with E-state index in [4.69, 9.17) is 4.74 Å². The van der Waals surface area contributed by atoms with Crippen LogP contribution in [0.1, 0.15) is 35.2 Å². The number of anilines is 2. The van der Waals surface area contributed by atoms with Crippen molar-refractivity contribution in [3.8, 4) is 5.75 Å². The molecule has 2 atom stereocenters. The van der Waals surface area contributed by atoms with E-state index in [0.29, 0.717) is 18.1 Å². The van der Waals surface area contributed by atoms with Crippen molar-refractivity contribution in [1.82, 2.24) is 14.8 Å². The van der Waals surface area contributed by atoms with Crippen LogP contribution in [0.25, 0.3) is 6.08 Å². The number of nitrogens with one attached hydrogen (secondary N) is 2. The van der Waals surface area contributed by atoms with Gasteiger partial charge >= 0.3 is 0 Å². The average molecular weight is 470 g/mol.